The fourth-order valence-electron chi connectivity index (χ4n) is 1.27. The van der Waals surface area contributed by atoms with Crippen LogP contribution in [0.5, 0.6) is 0 Å². The monoisotopic (exact) mass is 179 g/mol. The van der Waals surface area contributed by atoms with Gasteiger partial charge in [-0.25, -0.2) is 4.39 Å². The van der Waals surface area contributed by atoms with E-state index in [0.717, 1.165) is 5.39 Å². The number of nitrogens with two attached hydrogens (primary N) is 1. The second-order valence-electron chi connectivity index (χ2n) is 3.10. The molecule has 0 amide bonds. The minimum atomic E-state index is -0.343. The van der Waals surface area contributed by atoms with Crippen molar-refractivity contribution >= 4 is 11.0 Å². The Morgan fingerprint density at radius 1 is 1.46 bits per heavy atom. The zero-order chi connectivity index (χ0) is 9.42. The molecule has 0 bridgehead atoms. The third-order valence-electron chi connectivity index (χ3n) is 1.96. The van der Waals surface area contributed by atoms with Gasteiger partial charge in [0.2, 0.25) is 0 Å². The third-order valence-corrected chi connectivity index (χ3v) is 1.96. The first-order valence-corrected chi connectivity index (χ1v) is 4.12. The van der Waals surface area contributed by atoms with E-state index in [-0.39, 0.29) is 17.4 Å². The first-order chi connectivity index (χ1) is 6.18. The van der Waals surface area contributed by atoms with Crippen LogP contribution < -0.4 is 5.73 Å². The zero-order valence-corrected chi connectivity index (χ0v) is 7.25. The molecule has 13 heavy (non-hydrogen) atoms. The number of para-hydroxylation sites is 1. The van der Waals surface area contributed by atoms with Crippen molar-refractivity contribution in [1.82, 2.24) is 0 Å². The molecule has 1 aromatic heterocycles. The molecule has 0 aliphatic heterocycles. The number of fused-ring (bicyclic) bond motifs is 1. The second kappa shape index (κ2) is 2.85. The molecule has 0 saturated carbocycles. The Balaban J connectivity index is 2.68. The molecule has 2 rings (SSSR count). The lowest BCUT2D eigenvalue weighted by Gasteiger charge is -1.96. The van der Waals surface area contributed by atoms with Gasteiger partial charge in [0.15, 0.2) is 11.4 Å². The molecule has 2 N–H and O–H groups in total. The maximum atomic E-state index is 13.1. The first kappa shape index (κ1) is 8.26. The van der Waals surface area contributed by atoms with E-state index in [4.69, 9.17) is 10.2 Å². The lowest BCUT2D eigenvalue weighted by Crippen LogP contribution is -2.02. The van der Waals surface area contributed by atoms with Crippen molar-refractivity contribution in [1.29, 1.82) is 0 Å². The average Bonchev–Trinajstić information content (AvgIpc) is 2.49. The summed E-state index contributed by atoms with van der Waals surface area (Å²) in [5.41, 5.74) is 5.90. The highest BCUT2D eigenvalue weighted by molar-refractivity contribution is 5.78. The van der Waals surface area contributed by atoms with Crippen LogP contribution in [0.15, 0.2) is 28.7 Å². The molecule has 0 radical (unpaired) electrons. The Morgan fingerprint density at radius 3 is 2.85 bits per heavy atom. The molecule has 0 fully saturated rings. The number of hydrogen-bond donors (Lipinski definition) is 1. The summed E-state index contributed by atoms with van der Waals surface area (Å²) in [6.07, 6.45) is 0. The largest absolute Gasteiger partial charge is 0.456 e. The number of hydrogen-bond acceptors (Lipinski definition) is 2. The molecule has 0 unspecified atom stereocenters. The molecule has 0 aliphatic rings. The van der Waals surface area contributed by atoms with E-state index in [9.17, 15) is 4.39 Å². The van der Waals surface area contributed by atoms with Gasteiger partial charge in [0, 0.05) is 5.39 Å². The molecule has 0 aliphatic carbocycles. The summed E-state index contributed by atoms with van der Waals surface area (Å²) in [6, 6.07) is 6.39. The van der Waals surface area contributed by atoms with Gasteiger partial charge in [-0.2, -0.15) is 0 Å². The number of halogens is 1. The van der Waals surface area contributed by atoms with Gasteiger partial charge in [-0.1, -0.05) is 12.1 Å². The predicted octanol–water partition coefficient (Wildman–Crippen LogP) is 2.59. The SMILES string of the molecule is C[C@@H](N)c1cc2cccc(F)c2o1. The van der Waals surface area contributed by atoms with Crippen molar-refractivity contribution in [2.24, 2.45) is 5.73 Å². The summed E-state index contributed by atoms with van der Waals surface area (Å²) in [5.74, 6) is 0.268. The molecule has 1 atom stereocenters. The standard InChI is InChI=1S/C10H10FNO/c1-6(12)9-5-7-3-2-4-8(11)10(7)13-9/h2-6H,12H2,1H3/t6-/m1/s1. The lowest BCUT2D eigenvalue weighted by atomic mass is 10.2. The maximum Gasteiger partial charge on any atom is 0.169 e. The van der Waals surface area contributed by atoms with Crippen LogP contribution in [-0.2, 0) is 0 Å². The highest BCUT2D eigenvalue weighted by Crippen LogP contribution is 2.24. The summed E-state index contributed by atoms with van der Waals surface area (Å²) >= 11 is 0. The van der Waals surface area contributed by atoms with Gasteiger partial charge in [0.1, 0.15) is 5.76 Å². The van der Waals surface area contributed by atoms with Crippen LogP contribution in [0.1, 0.15) is 18.7 Å². The highest BCUT2D eigenvalue weighted by Gasteiger charge is 2.09. The first-order valence-electron chi connectivity index (χ1n) is 4.12. The fraction of sp³-hybridized carbons (Fsp3) is 0.200. The summed E-state index contributed by atoms with van der Waals surface area (Å²) in [6.45, 7) is 1.80. The molecule has 0 spiro atoms. The summed E-state index contributed by atoms with van der Waals surface area (Å²) < 4.78 is 18.4. The molecule has 1 heterocycles. The van der Waals surface area contributed by atoms with E-state index >= 15 is 0 Å². The molecular weight excluding hydrogens is 169 g/mol. The zero-order valence-electron chi connectivity index (χ0n) is 7.25. The highest BCUT2D eigenvalue weighted by atomic mass is 19.1. The van der Waals surface area contributed by atoms with Gasteiger partial charge in [-0.15, -0.1) is 0 Å². The van der Waals surface area contributed by atoms with Crippen molar-refractivity contribution in [2.75, 3.05) is 0 Å². The van der Waals surface area contributed by atoms with Crippen molar-refractivity contribution in [2.45, 2.75) is 13.0 Å². The van der Waals surface area contributed by atoms with Crippen molar-refractivity contribution < 1.29 is 8.81 Å². The maximum absolute atomic E-state index is 13.1. The summed E-state index contributed by atoms with van der Waals surface area (Å²) in [7, 11) is 0. The van der Waals surface area contributed by atoms with Gasteiger partial charge >= 0.3 is 0 Å². The molecule has 0 saturated heterocycles. The number of furan rings is 1. The molecule has 68 valence electrons. The Morgan fingerprint density at radius 2 is 2.23 bits per heavy atom. The van der Waals surface area contributed by atoms with Gasteiger partial charge in [-0.05, 0) is 19.1 Å². The molecule has 2 nitrogen and oxygen atoms in total. The second-order valence-corrected chi connectivity index (χ2v) is 3.10. The van der Waals surface area contributed by atoms with E-state index in [1.807, 2.05) is 0 Å². The predicted molar refractivity (Wildman–Crippen MR) is 48.8 cm³/mol. The van der Waals surface area contributed by atoms with E-state index in [2.05, 4.69) is 0 Å². The summed E-state index contributed by atoms with van der Waals surface area (Å²) in [4.78, 5) is 0. The van der Waals surface area contributed by atoms with E-state index in [1.165, 1.54) is 6.07 Å². The van der Waals surface area contributed by atoms with Gasteiger partial charge in [0.25, 0.3) is 0 Å². The molecule has 3 heteroatoms. The summed E-state index contributed by atoms with van der Waals surface area (Å²) in [5, 5.41) is 0.757. The molecular formula is C10H10FNO. The van der Waals surface area contributed by atoms with Crippen LogP contribution in [0.2, 0.25) is 0 Å². The topological polar surface area (TPSA) is 39.2 Å². The van der Waals surface area contributed by atoms with Crippen LogP contribution in [0.3, 0.4) is 0 Å². The molecule has 2 aromatic rings. The Hall–Kier alpha value is -1.35. The minimum absolute atomic E-state index is 0.202. The van der Waals surface area contributed by atoms with Crippen LogP contribution in [0.4, 0.5) is 4.39 Å². The quantitative estimate of drug-likeness (QED) is 0.730. The Labute approximate surface area is 75.1 Å². The average molecular weight is 179 g/mol. The van der Waals surface area contributed by atoms with Gasteiger partial charge in [0.05, 0.1) is 6.04 Å². The van der Waals surface area contributed by atoms with Crippen molar-refractivity contribution in [3.63, 3.8) is 0 Å². The van der Waals surface area contributed by atoms with Crippen LogP contribution in [-0.4, -0.2) is 0 Å². The number of rotatable bonds is 1. The van der Waals surface area contributed by atoms with Crippen LogP contribution >= 0.6 is 0 Å². The van der Waals surface area contributed by atoms with Crippen LogP contribution in [0.25, 0.3) is 11.0 Å². The van der Waals surface area contributed by atoms with E-state index in [0.29, 0.717) is 5.76 Å². The smallest absolute Gasteiger partial charge is 0.169 e. The van der Waals surface area contributed by atoms with Crippen LogP contribution in [0, 0.1) is 5.82 Å². The van der Waals surface area contributed by atoms with Gasteiger partial charge < -0.3 is 10.2 Å². The van der Waals surface area contributed by atoms with Crippen molar-refractivity contribution in [3.05, 3.63) is 35.8 Å². The van der Waals surface area contributed by atoms with E-state index in [1.54, 1.807) is 25.1 Å². The Kier molecular flexibility index (Phi) is 1.81. The third kappa shape index (κ3) is 1.31. The fourth-order valence-corrected chi connectivity index (χ4v) is 1.27. The number of benzene rings is 1. The normalized spacial score (nSPS) is 13.5. The molecule has 1 aromatic carbocycles. The van der Waals surface area contributed by atoms with Gasteiger partial charge in [-0.3, -0.25) is 0 Å². The lowest BCUT2D eigenvalue weighted by molar-refractivity contribution is 0.493. The van der Waals surface area contributed by atoms with E-state index < -0.39 is 0 Å². The Bertz CT molecular complexity index is 433. The minimum Gasteiger partial charge on any atom is -0.456 e. The van der Waals surface area contributed by atoms with Crippen molar-refractivity contribution in [3.8, 4) is 0 Å².